The van der Waals surface area contributed by atoms with Gasteiger partial charge in [-0.3, -0.25) is 9.48 Å². The van der Waals surface area contributed by atoms with Crippen LogP contribution < -0.4 is 5.32 Å². The molecule has 1 N–H and O–H groups in total. The molecule has 0 saturated heterocycles. The average Bonchev–Trinajstić information content (AvgIpc) is 3.40. The number of benzene rings is 2. The summed E-state index contributed by atoms with van der Waals surface area (Å²) in [7, 11) is 1.96. The van der Waals surface area contributed by atoms with Gasteiger partial charge in [-0.05, 0) is 38.3 Å². The van der Waals surface area contributed by atoms with Crippen molar-refractivity contribution in [3.8, 4) is 16.9 Å². The van der Waals surface area contributed by atoms with Crippen LogP contribution in [0.5, 0.6) is 0 Å². The molecule has 31 heavy (non-hydrogen) atoms. The Bertz CT molecular complexity index is 1220. The number of hydrogen-bond donors (Lipinski definition) is 1. The number of aryl methyl sites for hydroxylation is 2. The summed E-state index contributed by atoms with van der Waals surface area (Å²) >= 11 is 0. The summed E-state index contributed by atoms with van der Waals surface area (Å²) < 4.78 is 3.70. The zero-order valence-electron chi connectivity index (χ0n) is 17.7. The van der Waals surface area contributed by atoms with Gasteiger partial charge in [0.15, 0.2) is 0 Å². The van der Waals surface area contributed by atoms with Gasteiger partial charge >= 0.3 is 0 Å². The molecule has 0 bridgehead atoms. The number of amides is 1. The van der Waals surface area contributed by atoms with Gasteiger partial charge < -0.3 is 5.32 Å². The van der Waals surface area contributed by atoms with Crippen LogP contribution in [0.15, 0.2) is 67.0 Å². The van der Waals surface area contributed by atoms with Gasteiger partial charge in [-0.15, -0.1) is 0 Å². The predicted octanol–water partition coefficient (Wildman–Crippen LogP) is 4.39. The summed E-state index contributed by atoms with van der Waals surface area (Å²) in [4.78, 5) is 13.4. The third kappa shape index (κ3) is 3.65. The molecule has 0 fully saturated rings. The first-order chi connectivity index (χ1) is 15.1. The third-order valence-corrected chi connectivity index (χ3v) is 5.99. The van der Waals surface area contributed by atoms with E-state index in [-0.39, 0.29) is 11.9 Å². The van der Waals surface area contributed by atoms with Gasteiger partial charge in [-0.1, -0.05) is 48.0 Å². The molecule has 1 aliphatic rings. The van der Waals surface area contributed by atoms with Crippen molar-refractivity contribution in [1.29, 1.82) is 0 Å². The molecule has 1 unspecified atom stereocenters. The zero-order chi connectivity index (χ0) is 21.4. The quantitative estimate of drug-likeness (QED) is 0.542. The van der Waals surface area contributed by atoms with E-state index in [4.69, 9.17) is 5.10 Å². The van der Waals surface area contributed by atoms with E-state index in [2.05, 4.69) is 17.3 Å². The van der Waals surface area contributed by atoms with Gasteiger partial charge in [0.1, 0.15) is 5.69 Å². The molecule has 6 heteroatoms. The SMILES string of the molecule is Cc1ccc(-n2cc(C(=O)NC3CCCc4c3cnn4C)c(-c3ccccc3)n2)cc1. The predicted molar refractivity (Wildman–Crippen MR) is 120 cm³/mol. The first kappa shape index (κ1) is 19.3. The van der Waals surface area contributed by atoms with Gasteiger partial charge in [-0.25, -0.2) is 4.68 Å². The molecule has 2 aromatic carbocycles. The monoisotopic (exact) mass is 411 g/mol. The minimum absolute atomic E-state index is 0.0312. The van der Waals surface area contributed by atoms with Crippen molar-refractivity contribution >= 4 is 5.91 Å². The Labute approximate surface area is 181 Å². The van der Waals surface area contributed by atoms with E-state index in [1.807, 2.05) is 78.7 Å². The Morgan fingerprint density at radius 3 is 2.65 bits per heavy atom. The average molecular weight is 412 g/mol. The van der Waals surface area contributed by atoms with Crippen LogP contribution in [0.2, 0.25) is 0 Å². The second-order valence-corrected chi connectivity index (χ2v) is 8.13. The highest BCUT2D eigenvalue weighted by molar-refractivity contribution is 6.00. The van der Waals surface area contributed by atoms with E-state index in [0.717, 1.165) is 36.1 Å². The Morgan fingerprint density at radius 2 is 1.87 bits per heavy atom. The van der Waals surface area contributed by atoms with E-state index in [1.54, 1.807) is 4.68 Å². The van der Waals surface area contributed by atoms with Crippen LogP contribution in [0.1, 0.15) is 46.1 Å². The van der Waals surface area contributed by atoms with Crippen LogP contribution in [0, 0.1) is 6.92 Å². The largest absolute Gasteiger partial charge is 0.345 e. The molecular formula is C25H25N5O. The Balaban J connectivity index is 1.51. The van der Waals surface area contributed by atoms with Crippen LogP contribution >= 0.6 is 0 Å². The van der Waals surface area contributed by atoms with Gasteiger partial charge in [-0.2, -0.15) is 10.2 Å². The Kier molecular flexibility index (Phi) is 4.90. The highest BCUT2D eigenvalue weighted by Crippen LogP contribution is 2.30. The minimum atomic E-state index is -0.112. The highest BCUT2D eigenvalue weighted by atomic mass is 16.1. The molecule has 2 heterocycles. The minimum Gasteiger partial charge on any atom is -0.345 e. The van der Waals surface area contributed by atoms with Gasteiger partial charge in [0, 0.05) is 30.1 Å². The fraction of sp³-hybridized carbons (Fsp3) is 0.240. The van der Waals surface area contributed by atoms with Crippen LogP contribution in [0.25, 0.3) is 16.9 Å². The van der Waals surface area contributed by atoms with Gasteiger partial charge in [0.05, 0.1) is 23.5 Å². The van der Waals surface area contributed by atoms with Gasteiger partial charge in [0.25, 0.3) is 5.91 Å². The molecular weight excluding hydrogens is 386 g/mol. The number of carbonyl (C=O) groups is 1. The molecule has 4 aromatic rings. The lowest BCUT2D eigenvalue weighted by Crippen LogP contribution is -2.31. The molecule has 0 saturated carbocycles. The van der Waals surface area contributed by atoms with E-state index in [1.165, 1.54) is 11.3 Å². The summed E-state index contributed by atoms with van der Waals surface area (Å²) in [6, 6.07) is 18.0. The number of hydrogen-bond acceptors (Lipinski definition) is 3. The maximum Gasteiger partial charge on any atom is 0.255 e. The van der Waals surface area contributed by atoms with E-state index in [9.17, 15) is 4.79 Å². The van der Waals surface area contributed by atoms with Crippen molar-refractivity contribution in [2.75, 3.05) is 0 Å². The maximum atomic E-state index is 13.4. The molecule has 6 nitrogen and oxygen atoms in total. The zero-order valence-corrected chi connectivity index (χ0v) is 17.7. The van der Waals surface area contributed by atoms with Crippen molar-refractivity contribution in [2.45, 2.75) is 32.2 Å². The molecule has 0 aliphatic heterocycles. The van der Waals surface area contributed by atoms with Crippen LogP contribution in [-0.2, 0) is 13.5 Å². The summed E-state index contributed by atoms with van der Waals surface area (Å²) in [5.74, 6) is -0.112. The first-order valence-electron chi connectivity index (χ1n) is 10.6. The van der Waals surface area contributed by atoms with Gasteiger partial charge in [0.2, 0.25) is 0 Å². The topological polar surface area (TPSA) is 64.7 Å². The molecule has 0 radical (unpaired) electrons. The fourth-order valence-electron chi connectivity index (χ4n) is 4.27. The summed E-state index contributed by atoms with van der Waals surface area (Å²) in [6.07, 6.45) is 6.66. The van der Waals surface area contributed by atoms with E-state index >= 15 is 0 Å². The second-order valence-electron chi connectivity index (χ2n) is 8.13. The smallest absolute Gasteiger partial charge is 0.255 e. The lowest BCUT2D eigenvalue weighted by molar-refractivity contribution is 0.0933. The van der Waals surface area contributed by atoms with Crippen molar-refractivity contribution in [1.82, 2.24) is 24.9 Å². The number of fused-ring (bicyclic) bond motifs is 1. The first-order valence-corrected chi connectivity index (χ1v) is 10.6. The van der Waals surface area contributed by atoms with Crippen LogP contribution in [0.4, 0.5) is 0 Å². The summed E-state index contributed by atoms with van der Waals surface area (Å²) in [6.45, 7) is 2.05. The molecule has 0 spiro atoms. The molecule has 2 aromatic heterocycles. The Morgan fingerprint density at radius 1 is 1.10 bits per heavy atom. The number of nitrogens with one attached hydrogen (secondary N) is 1. The second kappa shape index (κ2) is 7.87. The molecule has 1 atom stereocenters. The number of carbonyl (C=O) groups excluding carboxylic acids is 1. The lowest BCUT2D eigenvalue weighted by Gasteiger charge is -2.23. The molecule has 1 aliphatic carbocycles. The highest BCUT2D eigenvalue weighted by Gasteiger charge is 2.27. The maximum absolute atomic E-state index is 13.4. The molecule has 156 valence electrons. The van der Waals surface area contributed by atoms with Crippen molar-refractivity contribution < 1.29 is 4.79 Å². The molecule has 5 rings (SSSR count). The van der Waals surface area contributed by atoms with Crippen molar-refractivity contribution in [3.63, 3.8) is 0 Å². The fourth-order valence-corrected chi connectivity index (χ4v) is 4.27. The number of aromatic nitrogens is 4. The normalized spacial score (nSPS) is 15.5. The number of rotatable bonds is 4. The van der Waals surface area contributed by atoms with Crippen molar-refractivity contribution in [3.05, 3.63) is 89.4 Å². The summed E-state index contributed by atoms with van der Waals surface area (Å²) in [5.41, 5.74) is 6.60. The van der Waals surface area contributed by atoms with Crippen LogP contribution in [0.3, 0.4) is 0 Å². The third-order valence-electron chi connectivity index (χ3n) is 5.99. The van der Waals surface area contributed by atoms with Crippen molar-refractivity contribution in [2.24, 2.45) is 7.05 Å². The van der Waals surface area contributed by atoms with Crippen LogP contribution in [-0.4, -0.2) is 25.5 Å². The molecule has 1 amide bonds. The lowest BCUT2D eigenvalue weighted by atomic mass is 9.92. The summed E-state index contributed by atoms with van der Waals surface area (Å²) in [5, 5.41) is 12.4. The standard InChI is InChI=1S/C25H25N5O/c1-17-11-13-19(14-12-17)30-16-21(24(28-30)18-7-4-3-5-8-18)25(31)27-22-9-6-10-23-20(22)15-26-29(23)2/h3-5,7-8,11-16,22H,6,9-10H2,1-2H3,(H,27,31). The van der Waals surface area contributed by atoms with E-state index < -0.39 is 0 Å². The number of nitrogens with zero attached hydrogens (tertiary/aromatic N) is 4. The van der Waals surface area contributed by atoms with E-state index in [0.29, 0.717) is 11.3 Å². The Hall–Kier alpha value is -3.67.